The van der Waals surface area contributed by atoms with Gasteiger partial charge in [-0.05, 0) is 37.8 Å². The van der Waals surface area contributed by atoms with Gasteiger partial charge in [-0.1, -0.05) is 35.5 Å². The zero-order valence-corrected chi connectivity index (χ0v) is 16.8. The molecule has 0 unspecified atom stereocenters. The zero-order valence-electron chi connectivity index (χ0n) is 16.8. The van der Waals surface area contributed by atoms with E-state index in [-0.39, 0.29) is 5.91 Å². The number of rotatable bonds is 5. The van der Waals surface area contributed by atoms with Gasteiger partial charge in [-0.25, -0.2) is 4.98 Å². The molecule has 0 bridgehead atoms. The highest BCUT2D eigenvalue weighted by Crippen LogP contribution is 2.40. The number of amides is 1. The molecular weight excluding hydrogens is 364 g/mol. The topological polar surface area (TPSA) is 62.5 Å². The molecular formula is C23H26N4O2. The highest BCUT2D eigenvalue weighted by Gasteiger charge is 2.30. The lowest BCUT2D eigenvalue weighted by molar-refractivity contribution is 0.0640. The van der Waals surface area contributed by atoms with Crippen LogP contribution in [0.2, 0.25) is 0 Å². The molecule has 0 atom stereocenters. The Morgan fingerprint density at radius 2 is 1.90 bits per heavy atom. The van der Waals surface area contributed by atoms with E-state index in [1.165, 1.54) is 5.56 Å². The van der Waals surface area contributed by atoms with Gasteiger partial charge in [0.25, 0.3) is 11.6 Å². The summed E-state index contributed by atoms with van der Waals surface area (Å²) in [5.74, 6) is 0.541. The van der Waals surface area contributed by atoms with Gasteiger partial charge in [0, 0.05) is 44.3 Å². The maximum Gasteiger partial charge on any atom is 0.259 e. The maximum absolute atomic E-state index is 13.4. The van der Waals surface area contributed by atoms with E-state index in [4.69, 9.17) is 4.52 Å². The van der Waals surface area contributed by atoms with E-state index < -0.39 is 0 Å². The minimum Gasteiger partial charge on any atom is -0.336 e. The summed E-state index contributed by atoms with van der Waals surface area (Å²) in [6.07, 6.45) is 3.32. The summed E-state index contributed by atoms with van der Waals surface area (Å²) in [7, 11) is 0. The number of benzene rings is 1. The van der Waals surface area contributed by atoms with Crippen LogP contribution in [0.1, 0.15) is 46.1 Å². The van der Waals surface area contributed by atoms with E-state index in [0.717, 1.165) is 68.8 Å². The molecule has 0 N–H and O–H groups in total. The average Bonchev–Trinajstić information content (AvgIpc) is 3.55. The van der Waals surface area contributed by atoms with Crippen molar-refractivity contribution in [1.29, 1.82) is 0 Å². The summed E-state index contributed by atoms with van der Waals surface area (Å²) in [6.45, 7) is 6.22. The van der Waals surface area contributed by atoms with Gasteiger partial charge < -0.3 is 9.42 Å². The van der Waals surface area contributed by atoms with E-state index >= 15 is 0 Å². The number of nitrogens with zero attached hydrogens (tertiary/aromatic N) is 4. The van der Waals surface area contributed by atoms with Crippen LogP contribution in [0.15, 0.2) is 40.9 Å². The highest BCUT2D eigenvalue weighted by molar-refractivity contribution is 6.06. The molecule has 0 radical (unpaired) electrons. The predicted octanol–water partition coefficient (Wildman–Crippen LogP) is 3.41. The standard InChI is InChI=1S/C23H26N4O2/c1-16-21-19(15-20(18-7-8-18)24-22(21)29-25-16)23(28)27-13-11-26(12-14-27)10-9-17-5-3-2-4-6-17/h2-6,15,18H,7-14H2,1H3. The van der Waals surface area contributed by atoms with E-state index in [2.05, 4.69) is 45.4 Å². The Morgan fingerprint density at radius 3 is 2.62 bits per heavy atom. The molecule has 1 aromatic carbocycles. The first-order valence-corrected chi connectivity index (χ1v) is 10.5. The third-order valence-electron chi connectivity index (χ3n) is 6.08. The van der Waals surface area contributed by atoms with Crippen molar-refractivity contribution in [2.24, 2.45) is 0 Å². The molecule has 2 aromatic heterocycles. The first-order valence-electron chi connectivity index (χ1n) is 10.5. The molecule has 3 aromatic rings. The third kappa shape index (κ3) is 3.77. The Balaban J connectivity index is 1.28. The fourth-order valence-electron chi connectivity index (χ4n) is 4.15. The Kier molecular flexibility index (Phi) is 4.79. The van der Waals surface area contributed by atoms with Crippen LogP contribution in [-0.2, 0) is 6.42 Å². The molecule has 1 saturated heterocycles. The largest absolute Gasteiger partial charge is 0.336 e. The van der Waals surface area contributed by atoms with Crippen LogP contribution < -0.4 is 0 Å². The van der Waals surface area contributed by atoms with Crippen LogP contribution >= 0.6 is 0 Å². The Labute approximate surface area is 170 Å². The number of hydrogen-bond donors (Lipinski definition) is 0. The molecule has 2 fully saturated rings. The molecule has 150 valence electrons. The van der Waals surface area contributed by atoms with E-state index in [0.29, 0.717) is 17.2 Å². The number of hydrogen-bond acceptors (Lipinski definition) is 5. The van der Waals surface area contributed by atoms with Crippen molar-refractivity contribution >= 4 is 17.0 Å². The van der Waals surface area contributed by atoms with E-state index in [1.54, 1.807) is 0 Å². The number of carbonyl (C=O) groups is 1. The minimum absolute atomic E-state index is 0.0771. The number of aryl methyl sites for hydroxylation is 1. The van der Waals surface area contributed by atoms with Gasteiger partial charge in [0.05, 0.1) is 16.6 Å². The van der Waals surface area contributed by atoms with Crippen LogP contribution in [0.5, 0.6) is 0 Å². The normalized spacial score (nSPS) is 17.8. The van der Waals surface area contributed by atoms with Crippen molar-refractivity contribution in [2.75, 3.05) is 32.7 Å². The first kappa shape index (κ1) is 18.3. The molecule has 6 nitrogen and oxygen atoms in total. The molecule has 3 heterocycles. The fraction of sp³-hybridized carbons (Fsp3) is 0.435. The highest BCUT2D eigenvalue weighted by atomic mass is 16.5. The molecule has 29 heavy (non-hydrogen) atoms. The Bertz CT molecular complexity index is 1020. The van der Waals surface area contributed by atoms with Crippen molar-refractivity contribution in [3.63, 3.8) is 0 Å². The number of aromatic nitrogens is 2. The molecule has 1 aliphatic carbocycles. The van der Waals surface area contributed by atoms with Crippen molar-refractivity contribution in [3.05, 3.63) is 58.9 Å². The lowest BCUT2D eigenvalue weighted by Gasteiger charge is -2.35. The van der Waals surface area contributed by atoms with Gasteiger partial charge >= 0.3 is 0 Å². The Hall–Kier alpha value is -2.73. The molecule has 6 heteroatoms. The number of piperazine rings is 1. The maximum atomic E-state index is 13.4. The van der Waals surface area contributed by atoms with Gasteiger partial charge in [0.2, 0.25) is 0 Å². The minimum atomic E-state index is 0.0771. The summed E-state index contributed by atoms with van der Waals surface area (Å²) >= 11 is 0. The smallest absolute Gasteiger partial charge is 0.259 e. The second kappa shape index (κ2) is 7.59. The second-order valence-electron chi connectivity index (χ2n) is 8.19. The van der Waals surface area contributed by atoms with Gasteiger partial charge in [-0.2, -0.15) is 0 Å². The number of carbonyl (C=O) groups excluding carboxylic acids is 1. The van der Waals surface area contributed by atoms with Crippen molar-refractivity contribution in [1.82, 2.24) is 19.9 Å². The summed E-state index contributed by atoms with van der Waals surface area (Å²) in [4.78, 5) is 22.4. The summed E-state index contributed by atoms with van der Waals surface area (Å²) in [6, 6.07) is 12.6. The first-order chi connectivity index (χ1) is 14.2. The van der Waals surface area contributed by atoms with Crippen molar-refractivity contribution in [2.45, 2.75) is 32.1 Å². The second-order valence-corrected chi connectivity index (χ2v) is 8.19. The Morgan fingerprint density at radius 1 is 1.14 bits per heavy atom. The van der Waals surface area contributed by atoms with Gasteiger partial charge in [0.1, 0.15) is 0 Å². The lowest BCUT2D eigenvalue weighted by Crippen LogP contribution is -2.49. The zero-order chi connectivity index (χ0) is 19.8. The predicted molar refractivity (Wildman–Crippen MR) is 111 cm³/mol. The van der Waals surface area contributed by atoms with Crippen LogP contribution in [0.25, 0.3) is 11.1 Å². The number of pyridine rings is 1. The van der Waals surface area contributed by atoms with Crippen LogP contribution in [0, 0.1) is 6.92 Å². The average molecular weight is 390 g/mol. The molecule has 1 aliphatic heterocycles. The van der Waals surface area contributed by atoms with Crippen molar-refractivity contribution < 1.29 is 9.32 Å². The summed E-state index contributed by atoms with van der Waals surface area (Å²) in [5, 5.41) is 4.82. The molecule has 5 rings (SSSR count). The van der Waals surface area contributed by atoms with Crippen molar-refractivity contribution in [3.8, 4) is 0 Å². The SMILES string of the molecule is Cc1noc2nc(C3CC3)cc(C(=O)N3CCN(CCc4ccccc4)CC3)c12. The van der Waals surface area contributed by atoms with Gasteiger partial charge in [0.15, 0.2) is 0 Å². The van der Waals surface area contributed by atoms with Crippen LogP contribution in [0.3, 0.4) is 0 Å². The lowest BCUT2D eigenvalue weighted by atomic mass is 10.1. The molecule has 0 spiro atoms. The summed E-state index contributed by atoms with van der Waals surface area (Å²) in [5.41, 5.74) is 4.27. The monoisotopic (exact) mass is 390 g/mol. The van der Waals surface area contributed by atoms with Gasteiger partial charge in [-0.3, -0.25) is 9.69 Å². The third-order valence-corrected chi connectivity index (χ3v) is 6.08. The van der Waals surface area contributed by atoms with Crippen LogP contribution in [0.4, 0.5) is 0 Å². The molecule has 2 aliphatic rings. The van der Waals surface area contributed by atoms with E-state index in [1.807, 2.05) is 17.9 Å². The molecule has 1 amide bonds. The van der Waals surface area contributed by atoms with Gasteiger partial charge in [-0.15, -0.1) is 0 Å². The van der Waals surface area contributed by atoms with Crippen LogP contribution in [-0.4, -0.2) is 58.6 Å². The number of fused-ring (bicyclic) bond motifs is 1. The fourth-order valence-corrected chi connectivity index (χ4v) is 4.15. The summed E-state index contributed by atoms with van der Waals surface area (Å²) < 4.78 is 5.40. The quantitative estimate of drug-likeness (QED) is 0.668. The van der Waals surface area contributed by atoms with E-state index in [9.17, 15) is 4.79 Å². The molecule has 1 saturated carbocycles.